The van der Waals surface area contributed by atoms with Gasteiger partial charge in [-0.3, -0.25) is 9.59 Å². The van der Waals surface area contributed by atoms with E-state index in [0.717, 1.165) is 41.8 Å². The molecular weight excluding hydrogens is 388 g/mol. The third kappa shape index (κ3) is 3.89. The fourth-order valence-electron chi connectivity index (χ4n) is 4.23. The molecule has 1 saturated carbocycles. The summed E-state index contributed by atoms with van der Waals surface area (Å²) >= 11 is 0. The number of rotatable bonds is 5. The van der Waals surface area contributed by atoms with Gasteiger partial charge >= 0.3 is 0 Å². The van der Waals surface area contributed by atoms with Gasteiger partial charge in [0.1, 0.15) is 0 Å². The molecule has 0 bridgehead atoms. The number of H-pyrrole nitrogens is 1. The molecule has 0 atom stereocenters. The van der Waals surface area contributed by atoms with Crippen LogP contribution in [0.1, 0.15) is 35.2 Å². The van der Waals surface area contributed by atoms with Gasteiger partial charge in [0.15, 0.2) is 0 Å². The second-order valence-electron chi connectivity index (χ2n) is 8.24. The maximum Gasteiger partial charge on any atom is 0.246 e. The molecule has 2 aromatic carbocycles. The molecule has 6 heteroatoms. The van der Waals surface area contributed by atoms with E-state index in [1.165, 1.54) is 5.56 Å². The van der Waals surface area contributed by atoms with Crippen molar-refractivity contribution in [2.45, 2.75) is 31.2 Å². The van der Waals surface area contributed by atoms with E-state index in [0.29, 0.717) is 13.1 Å². The van der Waals surface area contributed by atoms with Crippen LogP contribution in [0.15, 0.2) is 67.1 Å². The van der Waals surface area contributed by atoms with Crippen LogP contribution in [-0.4, -0.2) is 33.2 Å². The molecule has 6 nitrogen and oxygen atoms in total. The molecule has 3 aromatic rings. The zero-order chi connectivity index (χ0) is 21.3. The number of carbonyl (C=O) groups is 2. The van der Waals surface area contributed by atoms with E-state index in [1.807, 2.05) is 47.4 Å². The highest BCUT2D eigenvalue weighted by Gasteiger charge is 2.51. The lowest BCUT2D eigenvalue weighted by Crippen LogP contribution is -2.35. The van der Waals surface area contributed by atoms with Crippen LogP contribution in [0.4, 0.5) is 5.69 Å². The summed E-state index contributed by atoms with van der Waals surface area (Å²) in [6.07, 6.45) is 9.12. The Morgan fingerprint density at radius 1 is 1.10 bits per heavy atom. The van der Waals surface area contributed by atoms with Gasteiger partial charge in [-0.05, 0) is 54.2 Å². The van der Waals surface area contributed by atoms with Crippen molar-refractivity contribution in [2.75, 3.05) is 11.9 Å². The third-order valence-corrected chi connectivity index (χ3v) is 6.22. The topological polar surface area (TPSA) is 78.1 Å². The molecule has 0 saturated heterocycles. The van der Waals surface area contributed by atoms with Gasteiger partial charge in [-0.25, -0.2) is 4.98 Å². The van der Waals surface area contributed by atoms with E-state index < -0.39 is 5.41 Å². The lowest BCUT2D eigenvalue weighted by atomic mass is 9.94. The van der Waals surface area contributed by atoms with Crippen LogP contribution in [0.2, 0.25) is 0 Å². The van der Waals surface area contributed by atoms with Crippen molar-refractivity contribution in [1.82, 2.24) is 14.9 Å². The summed E-state index contributed by atoms with van der Waals surface area (Å²) in [4.78, 5) is 34.4. The Labute approximate surface area is 181 Å². The maximum absolute atomic E-state index is 13.0. The van der Waals surface area contributed by atoms with Crippen LogP contribution in [0.3, 0.4) is 0 Å². The zero-order valence-corrected chi connectivity index (χ0v) is 17.2. The van der Waals surface area contributed by atoms with E-state index in [1.54, 1.807) is 24.7 Å². The molecule has 2 heterocycles. The predicted molar refractivity (Wildman–Crippen MR) is 119 cm³/mol. The van der Waals surface area contributed by atoms with Gasteiger partial charge < -0.3 is 15.2 Å². The number of aromatic nitrogens is 2. The zero-order valence-electron chi connectivity index (χ0n) is 17.2. The molecule has 0 spiro atoms. The molecule has 1 aliphatic carbocycles. The molecule has 2 N–H and O–H groups in total. The smallest absolute Gasteiger partial charge is 0.246 e. The Kier molecular flexibility index (Phi) is 4.90. The van der Waals surface area contributed by atoms with Crippen molar-refractivity contribution in [3.63, 3.8) is 0 Å². The predicted octanol–water partition coefficient (Wildman–Crippen LogP) is 3.68. The van der Waals surface area contributed by atoms with Gasteiger partial charge in [0.25, 0.3) is 0 Å². The number of nitrogens with zero attached hydrogens (tertiary/aromatic N) is 2. The first kappa shape index (κ1) is 19.3. The van der Waals surface area contributed by atoms with Crippen LogP contribution in [0, 0.1) is 0 Å². The summed E-state index contributed by atoms with van der Waals surface area (Å²) < 4.78 is 0. The Balaban J connectivity index is 1.28. The molecule has 1 aromatic heterocycles. The number of carbonyl (C=O) groups excluding carboxylic acids is 2. The molecule has 5 rings (SSSR count). The van der Waals surface area contributed by atoms with Gasteiger partial charge in [0.05, 0.1) is 23.6 Å². The molecule has 2 aliphatic rings. The average Bonchev–Trinajstić information content (AvgIpc) is 3.46. The highest BCUT2D eigenvalue weighted by Crippen LogP contribution is 2.49. The van der Waals surface area contributed by atoms with Crippen molar-refractivity contribution < 1.29 is 9.59 Å². The number of anilines is 1. The minimum Gasteiger partial charge on any atom is -0.345 e. The molecule has 2 amide bonds. The van der Waals surface area contributed by atoms with Crippen molar-refractivity contribution in [3.05, 3.63) is 89.5 Å². The largest absolute Gasteiger partial charge is 0.345 e. The third-order valence-electron chi connectivity index (χ3n) is 6.22. The fraction of sp³-hybridized carbons (Fsp3) is 0.240. The highest BCUT2D eigenvalue weighted by atomic mass is 16.2. The van der Waals surface area contributed by atoms with Crippen LogP contribution in [0.25, 0.3) is 6.08 Å². The number of fused-ring (bicyclic) bond motifs is 1. The first-order valence-corrected chi connectivity index (χ1v) is 10.6. The van der Waals surface area contributed by atoms with Crippen LogP contribution < -0.4 is 5.32 Å². The van der Waals surface area contributed by atoms with E-state index in [2.05, 4.69) is 21.4 Å². The average molecular weight is 412 g/mol. The molecule has 31 heavy (non-hydrogen) atoms. The fourth-order valence-corrected chi connectivity index (χ4v) is 4.23. The Morgan fingerprint density at radius 3 is 2.68 bits per heavy atom. The number of nitrogens with one attached hydrogen (secondary N) is 2. The number of benzene rings is 2. The van der Waals surface area contributed by atoms with E-state index in [9.17, 15) is 9.59 Å². The van der Waals surface area contributed by atoms with Gasteiger partial charge in [-0.15, -0.1) is 0 Å². The second kappa shape index (κ2) is 7.87. The van der Waals surface area contributed by atoms with Crippen molar-refractivity contribution in [1.29, 1.82) is 0 Å². The molecular formula is C25H24N4O2. The summed E-state index contributed by atoms with van der Waals surface area (Å²) in [5.41, 5.74) is 4.56. The van der Waals surface area contributed by atoms with Gasteiger partial charge in [-0.2, -0.15) is 0 Å². The number of imidazole rings is 1. The van der Waals surface area contributed by atoms with Crippen molar-refractivity contribution >= 4 is 23.6 Å². The Hall–Kier alpha value is -3.67. The molecule has 156 valence electrons. The number of hydrogen-bond donors (Lipinski definition) is 2. The number of aromatic amines is 1. The highest BCUT2D eigenvalue weighted by molar-refractivity contribution is 6.01. The number of amides is 2. The van der Waals surface area contributed by atoms with Gasteiger partial charge in [0.2, 0.25) is 11.8 Å². The summed E-state index contributed by atoms with van der Waals surface area (Å²) in [6, 6.07) is 16.0. The van der Waals surface area contributed by atoms with Gasteiger partial charge in [-0.1, -0.05) is 36.4 Å². The van der Waals surface area contributed by atoms with Crippen molar-refractivity contribution in [2.24, 2.45) is 0 Å². The molecule has 0 radical (unpaired) electrons. The van der Waals surface area contributed by atoms with E-state index >= 15 is 0 Å². The lowest BCUT2D eigenvalue weighted by Gasteiger charge is -2.28. The Bertz CT molecular complexity index is 1130. The van der Waals surface area contributed by atoms with Crippen LogP contribution in [0.5, 0.6) is 0 Å². The summed E-state index contributed by atoms with van der Waals surface area (Å²) in [7, 11) is 0. The van der Waals surface area contributed by atoms with Crippen LogP contribution >= 0.6 is 0 Å². The monoisotopic (exact) mass is 412 g/mol. The first-order valence-electron chi connectivity index (χ1n) is 10.6. The summed E-state index contributed by atoms with van der Waals surface area (Å²) in [5, 5.41) is 3.11. The SMILES string of the molecule is O=C(/C=C/c1cnc[nH]1)N1CCc2ccc(NC(=O)C3(c4ccccc4)CC3)cc2C1. The normalized spacial score (nSPS) is 16.7. The minimum atomic E-state index is -0.406. The molecule has 0 unspecified atom stereocenters. The molecule has 1 aliphatic heterocycles. The van der Waals surface area contributed by atoms with E-state index in [-0.39, 0.29) is 11.8 Å². The maximum atomic E-state index is 13.0. The standard InChI is InChI=1S/C25H24N4O2/c30-23(9-8-22-15-26-17-27-22)29-13-10-18-6-7-21(14-19(18)16-29)28-24(31)25(11-12-25)20-4-2-1-3-5-20/h1-9,14-15,17H,10-13,16H2,(H,26,27)(H,28,31)/b9-8+. The lowest BCUT2D eigenvalue weighted by molar-refractivity contribution is -0.126. The molecule has 1 fully saturated rings. The minimum absolute atomic E-state index is 0.0318. The quantitative estimate of drug-likeness (QED) is 0.628. The number of hydrogen-bond acceptors (Lipinski definition) is 3. The van der Waals surface area contributed by atoms with Gasteiger partial charge in [0, 0.05) is 24.9 Å². The van der Waals surface area contributed by atoms with Crippen molar-refractivity contribution in [3.8, 4) is 0 Å². The first-order chi connectivity index (χ1) is 15.1. The second-order valence-corrected chi connectivity index (χ2v) is 8.24. The summed E-state index contributed by atoms with van der Waals surface area (Å²) in [6.45, 7) is 1.22. The van der Waals surface area contributed by atoms with Crippen LogP contribution in [-0.2, 0) is 28.0 Å². The summed E-state index contributed by atoms with van der Waals surface area (Å²) in [5.74, 6) is 0.0144. The Morgan fingerprint density at radius 2 is 1.94 bits per heavy atom. The van der Waals surface area contributed by atoms with E-state index in [4.69, 9.17) is 0 Å².